The fourth-order valence-corrected chi connectivity index (χ4v) is 3.53. The Labute approximate surface area is 170 Å². The zero-order valence-electron chi connectivity index (χ0n) is 16.5. The first-order valence-corrected chi connectivity index (χ1v) is 9.75. The lowest BCUT2D eigenvalue weighted by molar-refractivity contribution is -0.133. The maximum absolute atomic E-state index is 13.0. The molecule has 0 aliphatic carbocycles. The highest BCUT2D eigenvalue weighted by Gasteiger charge is 2.27. The minimum Gasteiger partial charge on any atom is -0.508 e. The summed E-state index contributed by atoms with van der Waals surface area (Å²) in [5.41, 5.74) is 1.71. The van der Waals surface area contributed by atoms with Gasteiger partial charge in [0.05, 0.1) is 6.61 Å². The summed E-state index contributed by atoms with van der Waals surface area (Å²) in [6.07, 6.45) is -0.116. The van der Waals surface area contributed by atoms with Crippen LogP contribution in [0.15, 0.2) is 48.5 Å². The van der Waals surface area contributed by atoms with Gasteiger partial charge in [0, 0.05) is 38.5 Å². The van der Waals surface area contributed by atoms with E-state index in [-0.39, 0.29) is 35.8 Å². The van der Waals surface area contributed by atoms with Gasteiger partial charge in [-0.2, -0.15) is 0 Å². The zero-order valence-corrected chi connectivity index (χ0v) is 16.5. The van der Waals surface area contributed by atoms with Crippen molar-refractivity contribution >= 4 is 12.0 Å². The van der Waals surface area contributed by atoms with Crippen molar-refractivity contribution < 1.29 is 24.5 Å². The zero-order chi connectivity index (χ0) is 20.8. The van der Waals surface area contributed by atoms with E-state index in [0.717, 1.165) is 11.1 Å². The maximum Gasteiger partial charge on any atom is 0.409 e. The Hall–Kier alpha value is -3.22. The van der Waals surface area contributed by atoms with Crippen molar-refractivity contribution in [3.05, 3.63) is 59.7 Å². The molecule has 2 N–H and O–H groups in total. The maximum atomic E-state index is 13.0. The topological polar surface area (TPSA) is 90.3 Å². The molecule has 2 aromatic carbocycles. The minimum atomic E-state index is -0.346. The van der Waals surface area contributed by atoms with E-state index in [0.29, 0.717) is 32.8 Å². The number of ether oxygens (including phenoxy) is 1. The molecular formula is C22H26N2O5. The van der Waals surface area contributed by atoms with Crippen LogP contribution >= 0.6 is 0 Å². The molecule has 1 aliphatic heterocycles. The molecule has 1 fully saturated rings. The molecule has 2 amide bonds. The van der Waals surface area contributed by atoms with Gasteiger partial charge >= 0.3 is 6.09 Å². The number of amides is 2. The van der Waals surface area contributed by atoms with E-state index in [1.54, 1.807) is 59.2 Å². The summed E-state index contributed by atoms with van der Waals surface area (Å²) >= 11 is 0. The molecule has 2 aromatic rings. The van der Waals surface area contributed by atoms with E-state index in [2.05, 4.69) is 0 Å². The second-order valence-corrected chi connectivity index (χ2v) is 7.01. The van der Waals surface area contributed by atoms with Crippen molar-refractivity contribution in [1.82, 2.24) is 9.80 Å². The van der Waals surface area contributed by atoms with E-state index < -0.39 is 0 Å². The predicted octanol–water partition coefficient (Wildman–Crippen LogP) is 2.92. The molecule has 1 saturated heterocycles. The fourth-order valence-electron chi connectivity index (χ4n) is 3.53. The standard InChI is InChI=1S/C22H26N2O5/c1-2-29-22(28)24-12-10-23(11-13-24)21(27)15-20(16-6-8-18(25)9-7-16)17-4-3-5-19(26)14-17/h3-9,14,20,25-26H,2,10-13,15H2,1H3/t20-/m1/s1. The number of phenols is 2. The van der Waals surface area contributed by atoms with Crippen LogP contribution in [0.3, 0.4) is 0 Å². The third-order valence-corrected chi connectivity index (χ3v) is 5.11. The molecule has 0 unspecified atom stereocenters. The second-order valence-electron chi connectivity index (χ2n) is 7.01. The molecule has 0 spiro atoms. The SMILES string of the molecule is CCOC(=O)N1CCN(C(=O)C[C@H](c2ccc(O)cc2)c2cccc(O)c2)CC1. The Bertz CT molecular complexity index is 845. The van der Waals surface area contributed by atoms with Gasteiger partial charge in [-0.05, 0) is 42.3 Å². The van der Waals surface area contributed by atoms with Gasteiger partial charge in [-0.25, -0.2) is 4.79 Å². The Morgan fingerprint density at radius 3 is 2.21 bits per heavy atom. The first-order valence-electron chi connectivity index (χ1n) is 9.75. The molecule has 0 saturated carbocycles. The number of aromatic hydroxyl groups is 2. The largest absolute Gasteiger partial charge is 0.508 e. The first kappa shape index (κ1) is 20.5. The average molecular weight is 398 g/mol. The Morgan fingerprint density at radius 2 is 1.59 bits per heavy atom. The smallest absolute Gasteiger partial charge is 0.409 e. The van der Waals surface area contributed by atoms with E-state index in [1.807, 2.05) is 6.07 Å². The molecule has 0 radical (unpaired) electrons. The van der Waals surface area contributed by atoms with Crippen LogP contribution in [0.1, 0.15) is 30.4 Å². The minimum absolute atomic E-state index is 0.0186. The molecular weight excluding hydrogens is 372 g/mol. The van der Waals surface area contributed by atoms with Crippen molar-refractivity contribution in [2.75, 3.05) is 32.8 Å². The van der Waals surface area contributed by atoms with E-state index in [1.165, 1.54) is 0 Å². The van der Waals surface area contributed by atoms with Gasteiger partial charge < -0.3 is 24.7 Å². The summed E-state index contributed by atoms with van der Waals surface area (Å²) in [4.78, 5) is 28.2. The number of phenolic OH excluding ortho intramolecular Hbond substituents is 2. The number of carbonyl (C=O) groups excluding carboxylic acids is 2. The molecule has 29 heavy (non-hydrogen) atoms. The van der Waals surface area contributed by atoms with Crippen LogP contribution in [0.25, 0.3) is 0 Å². The van der Waals surface area contributed by atoms with Gasteiger partial charge in [0.2, 0.25) is 5.91 Å². The Balaban J connectivity index is 1.72. The van der Waals surface area contributed by atoms with Gasteiger partial charge in [0.25, 0.3) is 0 Å². The van der Waals surface area contributed by atoms with Gasteiger partial charge in [-0.1, -0.05) is 24.3 Å². The summed E-state index contributed by atoms with van der Waals surface area (Å²) in [7, 11) is 0. The van der Waals surface area contributed by atoms with Gasteiger partial charge in [0.15, 0.2) is 0 Å². The van der Waals surface area contributed by atoms with Crippen molar-refractivity contribution in [1.29, 1.82) is 0 Å². The highest BCUT2D eigenvalue weighted by Crippen LogP contribution is 2.31. The second kappa shape index (κ2) is 9.32. The Kier molecular flexibility index (Phi) is 6.59. The van der Waals surface area contributed by atoms with Gasteiger partial charge in [0.1, 0.15) is 11.5 Å². The number of hydrogen-bond donors (Lipinski definition) is 2. The summed E-state index contributed by atoms with van der Waals surface area (Å²) in [6, 6.07) is 13.6. The molecule has 3 rings (SSSR count). The normalized spacial score (nSPS) is 15.1. The van der Waals surface area contributed by atoms with Crippen LogP contribution in [0.5, 0.6) is 11.5 Å². The van der Waals surface area contributed by atoms with Gasteiger partial charge in [-0.15, -0.1) is 0 Å². The lowest BCUT2D eigenvalue weighted by Gasteiger charge is -2.34. The van der Waals surface area contributed by atoms with E-state index in [9.17, 15) is 19.8 Å². The number of hydrogen-bond acceptors (Lipinski definition) is 5. The van der Waals surface area contributed by atoms with Crippen LogP contribution in [-0.2, 0) is 9.53 Å². The first-order chi connectivity index (χ1) is 14.0. The fraction of sp³-hybridized carbons (Fsp3) is 0.364. The molecule has 7 heteroatoms. The summed E-state index contributed by atoms with van der Waals surface area (Å²) in [5.74, 6) is 0.0276. The highest BCUT2D eigenvalue weighted by atomic mass is 16.6. The quantitative estimate of drug-likeness (QED) is 0.808. The summed E-state index contributed by atoms with van der Waals surface area (Å²) in [6.45, 7) is 3.90. The molecule has 7 nitrogen and oxygen atoms in total. The summed E-state index contributed by atoms with van der Waals surface area (Å²) < 4.78 is 5.02. The number of rotatable bonds is 5. The van der Waals surface area contributed by atoms with Crippen molar-refractivity contribution in [2.24, 2.45) is 0 Å². The number of nitrogens with zero attached hydrogens (tertiary/aromatic N) is 2. The number of piperazine rings is 1. The number of benzene rings is 2. The molecule has 154 valence electrons. The summed E-state index contributed by atoms with van der Waals surface area (Å²) in [5, 5.41) is 19.5. The predicted molar refractivity (Wildman–Crippen MR) is 108 cm³/mol. The average Bonchev–Trinajstić information content (AvgIpc) is 2.73. The van der Waals surface area contributed by atoms with Crippen molar-refractivity contribution in [3.63, 3.8) is 0 Å². The van der Waals surface area contributed by atoms with Crippen LogP contribution in [0, 0.1) is 0 Å². The van der Waals surface area contributed by atoms with E-state index >= 15 is 0 Å². The molecule has 1 heterocycles. The van der Waals surface area contributed by atoms with Crippen LogP contribution in [0.2, 0.25) is 0 Å². The lowest BCUT2D eigenvalue weighted by Crippen LogP contribution is -2.50. The molecule has 0 aromatic heterocycles. The molecule has 0 bridgehead atoms. The van der Waals surface area contributed by atoms with Crippen LogP contribution in [0.4, 0.5) is 4.79 Å². The van der Waals surface area contributed by atoms with Crippen LogP contribution in [-0.4, -0.2) is 64.8 Å². The molecule has 1 aliphatic rings. The van der Waals surface area contributed by atoms with Gasteiger partial charge in [-0.3, -0.25) is 4.79 Å². The lowest BCUT2D eigenvalue weighted by atomic mass is 9.88. The van der Waals surface area contributed by atoms with Crippen molar-refractivity contribution in [3.8, 4) is 11.5 Å². The monoisotopic (exact) mass is 398 g/mol. The van der Waals surface area contributed by atoms with Crippen LogP contribution < -0.4 is 0 Å². The Morgan fingerprint density at radius 1 is 0.931 bits per heavy atom. The molecule has 1 atom stereocenters. The third kappa shape index (κ3) is 5.19. The van der Waals surface area contributed by atoms with E-state index in [4.69, 9.17) is 4.74 Å². The third-order valence-electron chi connectivity index (χ3n) is 5.11. The van der Waals surface area contributed by atoms with Crippen molar-refractivity contribution in [2.45, 2.75) is 19.3 Å². The number of carbonyl (C=O) groups is 2. The highest BCUT2D eigenvalue weighted by molar-refractivity contribution is 5.78.